The Morgan fingerprint density at radius 1 is 0.879 bits per heavy atom. The van der Waals surface area contributed by atoms with E-state index in [1.165, 1.54) is 36.0 Å². The molecule has 0 unspecified atom stereocenters. The molecule has 1 atom stereocenters. The van der Waals surface area contributed by atoms with Gasteiger partial charge in [0.1, 0.15) is 0 Å². The number of aryl methyl sites for hydroxylation is 1. The predicted octanol–water partition coefficient (Wildman–Crippen LogP) is 8.48. The number of rotatable bonds is 9. The molecule has 0 aromatic heterocycles. The molecule has 33 heavy (non-hydrogen) atoms. The molecule has 0 spiro atoms. The van der Waals surface area contributed by atoms with Crippen LogP contribution in [0.3, 0.4) is 0 Å². The van der Waals surface area contributed by atoms with E-state index in [-0.39, 0.29) is 5.82 Å². The molecule has 0 saturated heterocycles. The van der Waals surface area contributed by atoms with E-state index in [9.17, 15) is 4.39 Å². The first-order valence-electron chi connectivity index (χ1n) is 12.7. The van der Waals surface area contributed by atoms with Crippen molar-refractivity contribution in [3.8, 4) is 5.75 Å². The molecule has 0 aliphatic heterocycles. The number of benzene rings is 3. The molecule has 1 aliphatic carbocycles. The molecular formula is C31H37FO. The summed E-state index contributed by atoms with van der Waals surface area (Å²) in [6, 6.07) is 25.6. The largest absolute Gasteiger partial charge is 0.491 e. The van der Waals surface area contributed by atoms with Crippen molar-refractivity contribution in [2.24, 2.45) is 5.92 Å². The van der Waals surface area contributed by atoms with Gasteiger partial charge in [0.05, 0.1) is 6.61 Å². The lowest BCUT2D eigenvalue weighted by Crippen LogP contribution is -2.14. The summed E-state index contributed by atoms with van der Waals surface area (Å²) in [4.78, 5) is 0. The lowest BCUT2D eigenvalue weighted by molar-refractivity contribution is 0.307. The number of ether oxygens (including phenoxy) is 1. The van der Waals surface area contributed by atoms with Gasteiger partial charge in [0.2, 0.25) is 0 Å². The third-order valence-electron chi connectivity index (χ3n) is 7.35. The third kappa shape index (κ3) is 6.47. The molecule has 0 amide bonds. The Kier molecular flexibility index (Phi) is 8.20. The first-order valence-corrected chi connectivity index (χ1v) is 12.7. The molecule has 0 radical (unpaired) electrons. The highest BCUT2D eigenvalue weighted by atomic mass is 19.1. The van der Waals surface area contributed by atoms with E-state index in [2.05, 4.69) is 67.6 Å². The zero-order valence-corrected chi connectivity index (χ0v) is 20.1. The molecule has 3 aromatic carbocycles. The number of hydrogen-bond donors (Lipinski definition) is 0. The molecule has 1 aliphatic rings. The summed E-state index contributed by atoms with van der Waals surface area (Å²) in [7, 11) is 0. The molecule has 1 fully saturated rings. The van der Waals surface area contributed by atoms with Gasteiger partial charge in [-0.1, -0.05) is 67.6 Å². The minimum Gasteiger partial charge on any atom is -0.491 e. The van der Waals surface area contributed by atoms with Crippen molar-refractivity contribution in [3.63, 3.8) is 0 Å². The van der Waals surface area contributed by atoms with Crippen molar-refractivity contribution in [2.75, 3.05) is 6.61 Å². The average molecular weight is 445 g/mol. The smallest absolute Gasteiger partial charge is 0.165 e. The second-order valence-electron chi connectivity index (χ2n) is 9.71. The molecule has 0 heterocycles. The SMILES string of the molecule is CCOc1ccc(C2CCC(CCc3ccc(C[C@H](C)c4ccccc4)cc3)CC2)cc1F. The van der Waals surface area contributed by atoms with Crippen LogP contribution >= 0.6 is 0 Å². The Hall–Kier alpha value is -2.61. The van der Waals surface area contributed by atoms with Crippen molar-refractivity contribution in [1.29, 1.82) is 0 Å². The van der Waals surface area contributed by atoms with E-state index in [0.717, 1.165) is 37.2 Å². The predicted molar refractivity (Wildman–Crippen MR) is 136 cm³/mol. The van der Waals surface area contributed by atoms with Gasteiger partial charge < -0.3 is 4.74 Å². The van der Waals surface area contributed by atoms with Crippen molar-refractivity contribution in [2.45, 2.75) is 70.6 Å². The van der Waals surface area contributed by atoms with Crippen LogP contribution in [0.25, 0.3) is 0 Å². The van der Waals surface area contributed by atoms with Crippen molar-refractivity contribution in [3.05, 3.63) is 101 Å². The van der Waals surface area contributed by atoms with Crippen LogP contribution in [0.1, 0.15) is 80.0 Å². The Balaban J connectivity index is 1.22. The minimum absolute atomic E-state index is 0.224. The maximum atomic E-state index is 14.2. The lowest BCUT2D eigenvalue weighted by Gasteiger charge is -2.29. The summed E-state index contributed by atoms with van der Waals surface area (Å²) in [6.07, 6.45) is 8.30. The highest BCUT2D eigenvalue weighted by Crippen LogP contribution is 2.38. The van der Waals surface area contributed by atoms with E-state index >= 15 is 0 Å². The fraction of sp³-hybridized carbons (Fsp3) is 0.419. The Morgan fingerprint density at radius 3 is 2.24 bits per heavy atom. The van der Waals surface area contributed by atoms with Crippen LogP contribution in [0, 0.1) is 11.7 Å². The zero-order chi connectivity index (χ0) is 23.0. The molecule has 4 rings (SSSR count). The second kappa shape index (κ2) is 11.5. The lowest BCUT2D eigenvalue weighted by atomic mass is 9.77. The van der Waals surface area contributed by atoms with E-state index in [0.29, 0.717) is 24.2 Å². The van der Waals surface area contributed by atoms with Crippen molar-refractivity contribution < 1.29 is 9.13 Å². The highest BCUT2D eigenvalue weighted by molar-refractivity contribution is 5.32. The van der Waals surface area contributed by atoms with E-state index in [1.807, 2.05) is 6.92 Å². The zero-order valence-electron chi connectivity index (χ0n) is 20.1. The Labute approximate surface area is 199 Å². The van der Waals surface area contributed by atoms with E-state index in [4.69, 9.17) is 4.74 Å². The maximum absolute atomic E-state index is 14.2. The molecule has 0 N–H and O–H groups in total. The second-order valence-corrected chi connectivity index (χ2v) is 9.71. The van der Waals surface area contributed by atoms with Gasteiger partial charge in [-0.15, -0.1) is 0 Å². The van der Waals surface area contributed by atoms with Crippen LogP contribution in [0.2, 0.25) is 0 Å². The molecule has 174 valence electrons. The number of halogens is 1. The molecule has 0 bridgehead atoms. The fourth-order valence-corrected chi connectivity index (χ4v) is 5.29. The first kappa shape index (κ1) is 23.5. The summed E-state index contributed by atoms with van der Waals surface area (Å²) in [5.74, 6) is 1.95. The first-order chi connectivity index (χ1) is 16.1. The molecule has 1 nitrogen and oxygen atoms in total. The van der Waals surface area contributed by atoms with E-state index in [1.54, 1.807) is 12.1 Å². The summed E-state index contributed by atoms with van der Waals surface area (Å²) < 4.78 is 19.6. The van der Waals surface area contributed by atoms with Crippen LogP contribution in [0.15, 0.2) is 72.8 Å². The van der Waals surface area contributed by atoms with Crippen molar-refractivity contribution in [1.82, 2.24) is 0 Å². The van der Waals surface area contributed by atoms with Crippen LogP contribution in [0.5, 0.6) is 5.75 Å². The van der Waals surface area contributed by atoms with Gasteiger partial charge in [-0.05, 0) is 104 Å². The van der Waals surface area contributed by atoms with Gasteiger partial charge in [0.25, 0.3) is 0 Å². The van der Waals surface area contributed by atoms with Crippen LogP contribution in [-0.4, -0.2) is 6.61 Å². The fourth-order valence-electron chi connectivity index (χ4n) is 5.29. The highest BCUT2D eigenvalue weighted by Gasteiger charge is 2.23. The summed E-state index contributed by atoms with van der Waals surface area (Å²) in [5, 5.41) is 0. The average Bonchev–Trinajstić information content (AvgIpc) is 2.86. The molecular weight excluding hydrogens is 407 g/mol. The monoisotopic (exact) mass is 444 g/mol. The quantitative estimate of drug-likeness (QED) is 0.321. The van der Waals surface area contributed by atoms with Gasteiger partial charge in [-0.2, -0.15) is 0 Å². The van der Waals surface area contributed by atoms with Crippen molar-refractivity contribution >= 4 is 0 Å². The Bertz CT molecular complexity index is 987. The topological polar surface area (TPSA) is 9.23 Å². The van der Waals surface area contributed by atoms with E-state index < -0.39 is 0 Å². The van der Waals surface area contributed by atoms with Gasteiger partial charge in [-0.25, -0.2) is 4.39 Å². The van der Waals surface area contributed by atoms with Crippen LogP contribution < -0.4 is 4.74 Å². The van der Waals surface area contributed by atoms with Gasteiger partial charge in [-0.3, -0.25) is 0 Å². The van der Waals surface area contributed by atoms with Gasteiger partial charge in [0.15, 0.2) is 11.6 Å². The van der Waals surface area contributed by atoms with Crippen LogP contribution in [-0.2, 0) is 12.8 Å². The molecule has 3 aromatic rings. The normalized spacial score (nSPS) is 19.2. The van der Waals surface area contributed by atoms with Gasteiger partial charge in [0, 0.05) is 0 Å². The Morgan fingerprint density at radius 2 is 1.58 bits per heavy atom. The number of hydrogen-bond acceptors (Lipinski definition) is 1. The standard InChI is InChI=1S/C31H37FO/c1-3-33-31-20-19-29(22-30(31)32)28-17-15-25(16-18-28)10-9-24-11-13-26(14-12-24)21-23(2)27-7-5-4-6-8-27/h4-8,11-14,19-20,22-23,25,28H,3,9-10,15-18,21H2,1-2H3/t23-,25?,28?/m0/s1. The molecule has 1 saturated carbocycles. The molecule has 2 heteroatoms. The van der Waals surface area contributed by atoms with Gasteiger partial charge >= 0.3 is 0 Å². The summed E-state index contributed by atoms with van der Waals surface area (Å²) >= 11 is 0. The summed E-state index contributed by atoms with van der Waals surface area (Å²) in [5.41, 5.74) is 5.40. The summed E-state index contributed by atoms with van der Waals surface area (Å²) in [6.45, 7) is 4.69. The maximum Gasteiger partial charge on any atom is 0.165 e. The minimum atomic E-state index is -0.224. The third-order valence-corrected chi connectivity index (χ3v) is 7.35. The van der Waals surface area contributed by atoms with Crippen LogP contribution in [0.4, 0.5) is 4.39 Å².